The van der Waals surface area contributed by atoms with E-state index in [4.69, 9.17) is 9.47 Å². The number of aryl methyl sites for hydroxylation is 1. The van der Waals surface area contributed by atoms with Crippen molar-refractivity contribution in [2.75, 3.05) is 13.2 Å². The van der Waals surface area contributed by atoms with Gasteiger partial charge in [-0.25, -0.2) is 14.6 Å². The van der Waals surface area contributed by atoms with Gasteiger partial charge in [0.2, 0.25) is 0 Å². The van der Waals surface area contributed by atoms with Gasteiger partial charge in [0.05, 0.1) is 30.0 Å². The highest BCUT2D eigenvalue weighted by molar-refractivity contribution is 9.18. The normalized spacial score (nSPS) is 15.6. The second-order valence-electron chi connectivity index (χ2n) is 5.54. The average Bonchev–Trinajstić information content (AvgIpc) is 2.96. The molecule has 2 heterocycles. The zero-order valence-electron chi connectivity index (χ0n) is 14.9. The molecule has 25 heavy (non-hydrogen) atoms. The number of esters is 2. The third kappa shape index (κ3) is 3.76. The lowest BCUT2D eigenvalue weighted by molar-refractivity contribution is -0.138. The Balaban J connectivity index is 2.48. The summed E-state index contributed by atoms with van der Waals surface area (Å²) in [5.74, 6) is -0.789. The topological polar surface area (TPSA) is 80.8 Å². The molecular weight excluding hydrogens is 388 g/mol. The third-order valence-electron chi connectivity index (χ3n) is 3.88. The summed E-state index contributed by atoms with van der Waals surface area (Å²) in [6.07, 6.45) is 1.75. The van der Waals surface area contributed by atoms with Crippen LogP contribution in [0.3, 0.4) is 0 Å². The predicted octanol–water partition coefficient (Wildman–Crippen LogP) is 3.84. The van der Waals surface area contributed by atoms with Crippen molar-refractivity contribution in [3.05, 3.63) is 39.4 Å². The van der Waals surface area contributed by atoms with E-state index < -0.39 is 5.97 Å². The summed E-state index contributed by atoms with van der Waals surface area (Å²) in [6.45, 7) is 9.56. The van der Waals surface area contributed by atoms with Crippen LogP contribution in [0.2, 0.25) is 0 Å². The number of hydrogen-bond donors (Lipinski definition) is 1. The number of aliphatic imine (C=N–C) groups is 1. The minimum Gasteiger partial charge on any atom is -0.462 e. The van der Waals surface area contributed by atoms with Gasteiger partial charge in [0.25, 0.3) is 0 Å². The van der Waals surface area contributed by atoms with Gasteiger partial charge in [-0.3, -0.25) is 0 Å². The van der Waals surface area contributed by atoms with Crippen LogP contribution in [-0.2, 0) is 14.3 Å². The van der Waals surface area contributed by atoms with Crippen LogP contribution in [0, 0.1) is 13.8 Å². The summed E-state index contributed by atoms with van der Waals surface area (Å²) in [5, 5.41) is 0. The van der Waals surface area contributed by atoms with Gasteiger partial charge < -0.3 is 14.5 Å². The number of carbonyl (C=O) groups excluding carboxylic acids is 2. The molecule has 0 radical (unpaired) electrons. The Morgan fingerprint density at radius 3 is 2.32 bits per heavy atom. The van der Waals surface area contributed by atoms with Gasteiger partial charge in [0.1, 0.15) is 4.62 Å². The summed E-state index contributed by atoms with van der Waals surface area (Å²) in [6, 6.07) is 0. The first kappa shape index (κ1) is 19.2. The van der Waals surface area contributed by atoms with Crippen LogP contribution in [0.4, 0.5) is 0 Å². The maximum atomic E-state index is 12.3. The second kappa shape index (κ2) is 7.82. The molecule has 134 valence electrons. The Morgan fingerprint density at radius 2 is 1.72 bits per heavy atom. The lowest BCUT2D eigenvalue weighted by Crippen LogP contribution is -2.09. The van der Waals surface area contributed by atoms with Crippen LogP contribution in [0.1, 0.15) is 48.1 Å². The summed E-state index contributed by atoms with van der Waals surface area (Å²) in [7, 11) is 0. The van der Waals surface area contributed by atoms with E-state index in [2.05, 4.69) is 25.9 Å². The molecule has 0 bridgehead atoms. The number of hydrogen-bond acceptors (Lipinski definition) is 5. The van der Waals surface area contributed by atoms with Crippen LogP contribution >= 0.6 is 15.9 Å². The first-order valence-electron chi connectivity index (χ1n) is 8.02. The maximum absolute atomic E-state index is 12.3. The molecule has 0 atom stereocenters. The van der Waals surface area contributed by atoms with Crippen molar-refractivity contribution in [2.45, 2.75) is 34.6 Å². The first-order valence-corrected chi connectivity index (χ1v) is 8.81. The Hall–Kier alpha value is -2.15. The number of allylic oxidation sites excluding steroid dienone is 1. The number of carbonyl (C=O) groups is 2. The monoisotopic (exact) mass is 408 g/mol. The van der Waals surface area contributed by atoms with Crippen molar-refractivity contribution in [3.8, 4) is 0 Å². The molecule has 0 fully saturated rings. The number of nitrogens with zero attached hydrogens (tertiary/aromatic N) is 1. The fourth-order valence-corrected chi connectivity index (χ4v) is 3.06. The van der Waals surface area contributed by atoms with Crippen LogP contribution < -0.4 is 0 Å². The predicted molar refractivity (Wildman–Crippen MR) is 99.9 cm³/mol. The minimum absolute atomic E-state index is 0.286. The number of rotatable bonds is 5. The van der Waals surface area contributed by atoms with Crippen molar-refractivity contribution in [2.24, 2.45) is 4.99 Å². The highest BCUT2D eigenvalue weighted by atomic mass is 79.9. The quantitative estimate of drug-likeness (QED) is 0.750. The smallest absolute Gasteiger partial charge is 0.340 e. The molecule has 2 rings (SSSR count). The molecule has 0 unspecified atom stereocenters. The number of ether oxygens (including phenoxy) is 2. The summed E-state index contributed by atoms with van der Waals surface area (Å²) in [4.78, 5) is 31.9. The summed E-state index contributed by atoms with van der Waals surface area (Å²) in [5.41, 5.74) is 4.30. The van der Waals surface area contributed by atoms with Gasteiger partial charge >= 0.3 is 11.9 Å². The van der Waals surface area contributed by atoms with E-state index in [1.165, 1.54) is 0 Å². The highest BCUT2D eigenvalue weighted by Gasteiger charge is 2.27. The zero-order chi connectivity index (χ0) is 18.7. The standard InChI is InChI=1S/C18H21BrN2O4/c1-6-24-17(22)14-9(3)12(20-11(14)5)8-13-15(18(23)25-7-2)10(4)16(19)21-13/h8,20H,6-7H2,1-5H3. The average molecular weight is 409 g/mol. The van der Waals surface area contributed by atoms with E-state index in [1.54, 1.807) is 26.8 Å². The molecular formula is C18H21BrN2O4. The molecule has 0 saturated carbocycles. The van der Waals surface area contributed by atoms with E-state index in [0.29, 0.717) is 39.4 Å². The SMILES string of the molecule is CCOC(=O)C1=C(C)C(Br)=NC1=Cc1[nH]c(C)c(C(=O)OCC)c1C. The number of halogens is 1. The van der Waals surface area contributed by atoms with E-state index in [9.17, 15) is 9.59 Å². The van der Waals surface area contributed by atoms with Crippen molar-refractivity contribution >= 4 is 38.6 Å². The Labute approximate surface area is 155 Å². The van der Waals surface area contributed by atoms with Gasteiger partial charge in [-0.2, -0.15) is 0 Å². The molecule has 1 aromatic rings. The van der Waals surface area contributed by atoms with Gasteiger partial charge in [-0.15, -0.1) is 0 Å². The lowest BCUT2D eigenvalue weighted by atomic mass is 10.1. The van der Waals surface area contributed by atoms with E-state index in [1.807, 2.05) is 13.8 Å². The Bertz CT molecular complexity index is 815. The van der Waals surface area contributed by atoms with Crippen LogP contribution in [-0.4, -0.2) is 34.8 Å². The largest absolute Gasteiger partial charge is 0.462 e. The Kier molecular flexibility index (Phi) is 6.00. The van der Waals surface area contributed by atoms with Crippen LogP contribution in [0.15, 0.2) is 21.8 Å². The molecule has 1 N–H and O–H groups in total. The van der Waals surface area contributed by atoms with Crippen molar-refractivity contribution < 1.29 is 19.1 Å². The first-order chi connectivity index (χ1) is 11.8. The fraction of sp³-hybridized carbons (Fsp3) is 0.389. The molecule has 0 saturated heterocycles. The van der Waals surface area contributed by atoms with Gasteiger partial charge in [0, 0.05) is 11.4 Å². The molecule has 0 spiro atoms. The van der Waals surface area contributed by atoms with Crippen LogP contribution in [0.5, 0.6) is 0 Å². The number of H-pyrrole nitrogens is 1. The molecule has 6 nitrogen and oxygen atoms in total. The van der Waals surface area contributed by atoms with Crippen molar-refractivity contribution in [1.82, 2.24) is 4.98 Å². The highest BCUT2D eigenvalue weighted by Crippen LogP contribution is 2.31. The zero-order valence-corrected chi connectivity index (χ0v) is 16.5. The van der Waals surface area contributed by atoms with E-state index >= 15 is 0 Å². The number of aromatic nitrogens is 1. The van der Waals surface area contributed by atoms with E-state index in [0.717, 1.165) is 11.1 Å². The molecule has 0 aromatic carbocycles. The Morgan fingerprint density at radius 1 is 1.12 bits per heavy atom. The van der Waals surface area contributed by atoms with E-state index in [-0.39, 0.29) is 12.6 Å². The van der Waals surface area contributed by atoms with Gasteiger partial charge in [0.15, 0.2) is 0 Å². The molecule has 1 aromatic heterocycles. The van der Waals surface area contributed by atoms with Gasteiger partial charge in [-0.1, -0.05) is 0 Å². The summed E-state index contributed by atoms with van der Waals surface area (Å²) >= 11 is 3.36. The van der Waals surface area contributed by atoms with Gasteiger partial charge in [-0.05, 0) is 67.8 Å². The third-order valence-corrected chi connectivity index (χ3v) is 4.65. The molecule has 0 amide bonds. The fourth-order valence-electron chi connectivity index (χ4n) is 2.67. The number of aromatic amines is 1. The summed E-state index contributed by atoms with van der Waals surface area (Å²) < 4.78 is 10.8. The number of nitrogens with one attached hydrogen (secondary N) is 1. The molecule has 1 aliphatic heterocycles. The lowest BCUT2D eigenvalue weighted by Gasteiger charge is -2.05. The van der Waals surface area contributed by atoms with Crippen molar-refractivity contribution in [1.29, 1.82) is 0 Å². The van der Waals surface area contributed by atoms with Crippen molar-refractivity contribution in [3.63, 3.8) is 0 Å². The maximum Gasteiger partial charge on any atom is 0.340 e. The van der Waals surface area contributed by atoms with Crippen LogP contribution in [0.25, 0.3) is 6.08 Å². The molecule has 1 aliphatic rings. The minimum atomic E-state index is -0.420. The molecule has 0 aliphatic carbocycles. The molecule has 7 heteroatoms. The second-order valence-corrected chi connectivity index (χ2v) is 6.29.